The lowest BCUT2D eigenvalue weighted by atomic mass is 10.5. The summed E-state index contributed by atoms with van der Waals surface area (Å²) in [5.74, 6) is 1.21. The van der Waals surface area contributed by atoms with Crippen LogP contribution in [0, 0.1) is 0 Å². The summed E-state index contributed by atoms with van der Waals surface area (Å²) < 4.78 is 6.72. The van der Waals surface area contributed by atoms with Crippen LogP contribution in [0.15, 0.2) is 18.5 Å². The van der Waals surface area contributed by atoms with E-state index in [4.69, 9.17) is 10.5 Å². The van der Waals surface area contributed by atoms with E-state index in [9.17, 15) is 0 Å². The van der Waals surface area contributed by atoms with Crippen LogP contribution in [0.2, 0.25) is 0 Å². The van der Waals surface area contributed by atoms with E-state index in [2.05, 4.69) is 25.0 Å². The Balaban J connectivity index is 1.91. The van der Waals surface area contributed by atoms with Gasteiger partial charge in [0.2, 0.25) is 11.9 Å². The van der Waals surface area contributed by atoms with Crippen LogP contribution in [-0.4, -0.2) is 51.0 Å². The minimum Gasteiger partial charge on any atom is -0.383 e. The molecule has 0 unspecified atom stereocenters. The number of methoxy groups -OCH3 is 1. The number of hydrogen-bond donors (Lipinski definition) is 1. The average Bonchev–Trinajstić information content (AvgIpc) is 3.12. The Morgan fingerprint density at radius 1 is 1.40 bits per heavy atom. The van der Waals surface area contributed by atoms with Gasteiger partial charge in [-0.05, 0) is 18.9 Å². The third-order valence-corrected chi connectivity index (χ3v) is 3.12. The summed E-state index contributed by atoms with van der Waals surface area (Å²) in [5, 5.41) is 4.12. The van der Waals surface area contributed by atoms with Gasteiger partial charge >= 0.3 is 0 Å². The number of aromatic nitrogens is 5. The van der Waals surface area contributed by atoms with Gasteiger partial charge in [-0.15, -0.1) is 0 Å². The Labute approximate surface area is 116 Å². The zero-order valence-corrected chi connectivity index (χ0v) is 11.3. The van der Waals surface area contributed by atoms with Crippen molar-refractivity contribution in [3.63, 3.8) is 0 Å². The molecule has 106 valence electrons. The molecule has 0 aliphatic heterocycles. The second-order valence-corrected chi connectivity index (χ2v) is 4.66. The fraction of sp³-hybridized carbons (Fsp3) is 0.500. The summed E-state index contributed by atoms with van der Waals surface area (Å²) in [4.78, 5) is 14.9. The van der Waals surface area contributed by atoms with Crippen LogP contribution in [-0.2, 0) is 4.74 Å². The van der Waals surface area contributed by atoms with Crippen molar-refractivity contribution >= 4 is 11.9 Å². The highest BCUT2D eigenvalue weighted by molar-refractivity contribution is 5.40. The van der Waals surface area contributed by atoms with Gasteiger partial charge < -0.3 is 15.4 Å². The number of hydrogen-bond acceptors (Lipinski definition) is 7. The molecular weight excluding hydrogens is 258 g/mol. The predicted molar refractivity (Wildman–Crippen MR) is 73.6 cm³/mol. The Hall–Kier alpha value is -2.22. The van der Waals surface area contributed by atoms with Crippen molar-refractivity contribution in [2.75, 3.05) is 30.9 Å². The normalized spacial score (nSPS) is 14.4. The van der Waals surface area contributed by atoms with Crippen LogP contribution in [0.4, 0.5) is 11.9 Å². The Kier molecular flexibility index (Phi) is 3.46. The summed E-state index contributed by atoms with van der Waals surface area (Å²) in [6.45, 7) is 1.36. The molecule has 0 bridgehead atoms. The average molecular weight is 275 g/mol. The van der Waals surface area contributed by atoms with E-state index in [1.807, 2.05) is 6.07 Å². The standard InChI is InChI=1S/C12H17N7O/c1-20-8-7-18(9-3-4-9)11-15-10(13)16-12(17-11)19-6-2-5-14-19/h2,5-6,9H,3-4,7-8H2,1H3,(H2,13,15,16,17). The van der Waals surface area contributed by atoms with Crippen LogP contribution >= 0.6 is 0 Å². The number of anilines is 2. The minimum atomic E-state index is 0.198. The number of nitrogen functional groups attached to an aromatic ring is 1. The zero-order valence-electron chi connectivity index (χ0n) is 11.3. The van der Waals surface area contributed by atoms with Crippen molar-refractivity contribution in [3.05, 3.63) is 18.5 Å². The summed E-state index contributed by atoms with van der Waals surface area (Å²) in [6.07, 6.45) is 5.73. The SMILES string of the molecule is COCCN(c1nc(N)nc(-n2cccn2)n1)C1CC1. The molecule has 0 atom stereocenters. The molecular formula is C12H17N7O. The summed E-state index contributed by atoms with van der Waals surface area (Å²) in [7, 11) is 1.68. The Morgan fingerprint density at radius 2 is 2.25 bits per heavy atom. The molecule has 20 heavy (non-hydrogen) atoms. The van der Waals surface area contributed by atoms with Gasteiger partial charge in [0, 0.05) is 32.1 Å². The minimum absolute atomic E-state index is 0.198. The van der Waals surface area contributed by atoms with Crippen molar-refractivity contribution in [3.8, 4) is 5.95 Å². The molecule has 0 radical (unpaired) electrons. The monoisotopic (exact) mass is 275 g/mol. The van der Waals surface area contributed by atoms with Crippen LogP contribution in [0.5, 0.6) is 0 Å². The topological polar surface area (TPSA) is 95.0 Å². The van der Waals surface area contributed by atoms with E-state index in [0.29, 0.717) is 24.5 Å². The van der Waals surface area contributed by atoms with E-state index in [-0.39, 0.29) is 5.95 Å². The van der Waals surface area contributed by atoms with Gasteiger partial charge in [-0.1, -0.05) is 0 Å². The van der Waals surface area contributed by atoms with Gasteiger partial charge in [0.1, 0.15) is 0 Å². The van der Waals surface area contributed by atoms with Gasteiger partial charge in [0.15, 0.2) is 0 Å². The molecule has 2 N–H and O–H groups in total. The predicted octanol–water partition coefficient (Wildman–Crippen LogP) is 0.255. The first-order valence-electron chi connectivity index (χ1n) is 6.55. The molecule has 0 aromatic carbocycles. The fourth-order valence-electron chi connectivity index (χ4n) is 2.01. The van der Waals surface area contributed by atoms with Crippen LogP contribution in [0.1, 0.15) is 12.8 Å². The molecule has 0 spiro atoms. The van der Waals surface area contributed by atoms with Gasteiger partial charge in [-0.2, -0.15) is 20.1 Å². The Morgan fingerprint density at radius 3 is 2.90 bits per heavy atom. The van der Waals surface area contributed by atoms with Crippen LogP contribution in [0.3, 0.4) is 0 Å². The lowest BCUT2D eigenvalue weighted by molar-refractivity contribution is 0.204. The van der Waals surface area contributed by atoms with E-state index in [0.717, 1.165) is 19.4 Å². The first-order chi connectivity index (χ1) is 9.78. The third-order valence-electron chi connectivity index (χ3n) is 3.12. The highest BCUT2D eigenvalue weighted by atomic mass is 16.5. The summed E-state index contributed by atoms with van der Waals surface area (Å²) in [5.41, 5.74) is 5.79. The van der Waals surface area contributed by atoms with Crippen molar-refractivity contribution in [1.82, 2.24) is 24.7 Å². The first kappa shape index (κ1) is 12.8. The molecule has 0 amide bonds. The van der Waals surface area contributed by atoms with Crippen LogP contribution in [0.25, 0.3) is 5.95 Å². The van der Waals surface area contributed by atoms with Gasteiger partial charge in [-0.25, -0.2) is 4.68 Å². The number of nitrogens with zero attached hydrogens (tertiary/aromatic N) is 6. The molecule has 8 nitrogen and oxygen atoms in total. The van der Waals surface area contributed by atoms with E-state index in [1.54, 1.807) is 24.2 Å². The molecule has 2 aromatic rings. The number of nitrogens with two attached hydrogens (primary N) is 1. The molecule has 1 aliphatic rings. The lowest BCUT2D eigenvalue weighted by Gasteiger charge is -2.22. The number of rotatable bonds is 6. The first-order valence-corrected chi connectivity index (χ1v) is 6.55. The summed E-state index contributed by atoms with van der Waals surface area (Å²) >= 11 is 0. The van der Waals surface area contributed by atoms with Gasteiger partial charge in [-0.3, -0.25) is 0 Å². The molecule has 2 aromatic heterocycles. The highest BCUT2D eigenvalue weighted by Gasteiger charge is 2.31. The van der Waals surface area contributed by atoms with Crippen molar-refractivity contribution in [1.29, 1.82) is 0 Å². The largest absolute Gasteiger partial charge is 0.383 e. The number of ether oxygens (including phenoxy) is 1. The van der Waals surface area contributed by atoms with Crippen LogP contribution < -0.4 is 10.6 Å². The zero-order chi connectivity index (χ0) is 13.9. The van der Waals surface area contributed by atoms with E-state index >= 15 is 0 Å². The second-order valence-electron chi connectivity index (χ2n) is 4.66. The molecule has 1 fully saturated rings. The smallest absolute Gasteiger partial charge is 0.257 e. The third kappa shape index (κ3) is 2.69. The highest BCUT2D eigenvalue weighted by Crippen LogP contribution is 2.29. The van der Waals surface area contributed by atoms with E-state index < -0.39 is 0 Å². The van der Waals surface area contributed by atoms with Crippen molar-refractivity contribution < 1.29 is 4.74 Å². The quantitative estimate of drug-likeness (QED) is 0.807. The molecule has 1 saturated carbocycles. The maximum Gasteiger partial charge on any atom is 0.257 e. The molecule has 3 rings (SSSR count). The lowest BCUT2D eigenvalue weighted by Crippen LogP contribution is -2.32. The molecule has 8 heteroatoms. The summed E-state index contributed by atoms with van der Waals surface area (Å²) in [6, 6.07) is 2.28. The van der Waals surface area contributed by atoms with Crippen molar-refractivity contribution in [2.24, 2.45) is 0 Å². The molecule has 1 aliphatic carbocycles. The molecule has 2 heterocycles. The Bertz CT molecular complexity index is 567. The maximum absolute atomic E-state index is 5.79. The fourth-order valence-corrected chi connectivity index (χ4v) is 2.01. The van der Waals surface area contributed by atoms with E-state index in [1.165, 1.54) is 0 Å². The second kappa shape index (κ2) is 5.41. The maximum atomic E-state index is 5.79. The van der Waals surface area contributed by atoms with Gasteiger partial charge in [0.25, 0.3) is 5.95 Å². The molecule has 0 saturated heterocycles. The van der Waals surface area contributed by atoms with Gasteiger partial charge in [0.05, 0.1) is 6.61 Å². The van der Waals surface area contributed by atoms with Crippen molar-refractivity contribution in [2.45, 2.75) is 18.9 Å².